The molecule has 1 aliphatic rings. The number of rotatable bonds is 2. The molecule has 3 nitrogen and oxygen atoms in total. The highest BCUT2D eigenvalue weighted by Crippen LogP contribution is 2.51. The summed E-state index contributed by atoms with van der Waals surface area (Å²) in [5.41, 5.74) is 10.1. The Hall–Kier alpha value is -1.77. The van der Waals surface area contributed by atoms with Crippen molar-refractivity contribution in [2.75, 3.05) is 5.73 Å². The van der Waals surface area contributed by atoms with Crippen molar-refractivity contribution in [3.63, 3.8) is 0 Å². The minimum Gasteiger partial charge on any atom is -0.383 e. The average Bonchev–Trinajstić information content (AvgIpc) is 2.91. The van der Waals surface area contributed by atoms with Crippen LogP contribution in [0.15, 0.2) is 30.3 Å². The Labute approximate surface area is 120 Å². The van der Waals surface area contributed by atoms with Crippen molar-refractivity contribution in [2.45, 2.75) is 39.0 Å². The van der Waals surface area contributed by atoms with Crippen LogP contribution in [-0.2, 0) is 7.05 Å². The molecule has 0 saturated heterocycles. The highest BCUT2D eigenvalue weighted by atomic mass is 15.3. The van der Waals surface area contributed by atoms with E-state index in [0.717, 1.165) is 11.4 Å². The molecule has 0 bridgehead atoms. The van der Waals surface area contributed by atoms with Crippen molar-refractivity contribution < 1.29 is 0 Å². The van der Waals surface area contributed by atoms with Crippen molar-refractivity contribution in [2.24, 2.45) is 12.5 Å². The first kappa shape index (κ1) is 13.2. The van der Waals surface area contributed by atoms with E-state index in [2.05, 4.69) is 38.1 Å². The quantitative estimate of drug-likeness (QED) is 0.896. The summed E-state index contributed by atoms with van der Waals surface area (Å²) >= 11 is 0. The Balaban J connectivity index is 2.15. The standard InChI is InChI=1S/C17H23N3/c1-17(2)11-7-10-13(17)15-14(16(18)20(3)19-15)12-8-5-4-6-9-12/h4-6,8-9,13H,7,10-11,18H2,1-3H3. The SMILES string of the molecule is Cn1nc(C2CCCC2(C)C)c(-c2ccccc2)c1N. The third kappa shape index (κ3) is 2.01. The van der Waals surface area contributed by atoms with Gasteiger partial charge < -0.3 is 5.73 Å². The topological polar surface area (TPSA) is 43.8 Å². The van der Waals surface area contributed by atoms with Gasteiger partial charge in [0.1, 0.15) is 5.82 Å². The van der Waals surface area contributed by atoms with Crippen LogP contribution in [0.2, 0.25) is 0 Å². The molecule has 1 atom stereocenters. The zero-order chi connectivity index (χ0) is 14.3. The number of benzene rings is 1. The van der Waals surface area contributed by atoms with Crippen LogP contribution >= 0.6 is 0 Å². The molecular formula is C17H23N3. The van der Waals surface area contributed by atoms with Gasteiger partial charge in [0.2, 0.25) is 0 Å². The summed E-state index contributed by atoms with van der Waals surface area (Å²) in [5.74, 6) is 1.27. The Kier molecular flexibility index (Phi) is 3.08. The first-order valence-electron chi connectivity index (χ1n) is 7.38. The molecule has 1 fully saturated rings. The molecule has 2 aromatic rings. The van der Waals surface area contributed by atoms with Gasteiger partial charge in [-0.25, -0.2) is 0 Å². The summed E-state index contributed by atoms with van der Waals surface area (Å²) in [4.78, 5) is 0. The highest BCUT2D eigenvalue weighted by Gasteiger charge is 2.39. The lowest BCUT2D eigenvalue weighted by molar-refractivity contribution is 0.326. The number of aryl methyl sites for hydroxylation is 1. The number of hydrogen-bond donors (Lipinski definition) is 1. The van der Waals surface area contributed by atoms with Gasteiger partial charge in [0.25, 0.3) is 0 Å². The van der Waals surface area contributed by atoms with Crippen LogP contribution < -0.4 is 5.73 Å². The van der Waals surface area contributed by atoms with E-state index in [9.17, 15) is 0 Å². The van der Waals surface area contributed by atoms with Gasteiger partial charge in [0, 0.05) is 18.5 Å². The summed E-state index contributed by atoms with van der Waals surface area (Å²) in [6.45, 7) is 4.70. The van der Waals surface area contributed by atoms with Crippen LogP contribution in [0.3, 0.4) is 0 Å². The maximum absolute atomic E-state index is 6.29. The van der Waals surface area contributed by atoms with Crippen molar-refractivity contribution in [3.05, 3.63) is 36.0 Å². The number of anilines is 1. The fraction of sp³-hybridized carbons (Fsp3) is 0.471. The van der Waals surface area contributed by atoms with Gasteiger partial charge in [0.15, 0.2) is 0 Å². The van der Waals surface area contributed by atoms with Gasteiger partial charge in [-0.1, -0.05) is 50.6 Å². The van der Waals surface area contributed by atoms with Crippen molar-refractivity contribution in [1.29, 1.82) is 0 Å². The monoisotopic (exact) mass is 269 g/mol. The molecule has 1 saturated carbocycles. The molecule has 1 heterocycles. The lowest BCUT2D eigenvalue weighted by Crippen LogP contribution is -2.16. The van der Waals surface area contributed by atoms with Crippen molar-refractivity contribution in [3.8, 4) is 11.1 Å². The number of nitrogen functional groups attached to an aromatic ring is 1. The minimum atomic E-state index is 0.310. The number of aromatic nitrogens is 2. The van der Waals surface area contributed by atoms with Crippen LogP contribution in [0.25, 0.3) is 11.1 Å². The van der Waals surface area contributed by atoms with E-state index in [4.69, 9.17) is 10.8 Å². The van der Waals surface area contributed by atoms with Crippen LogP contribution in [-0.4, -0.2) is 9.78 Å². The van der Waals surface area contributed by atoms with Crippen LogP contribution in [0.1, 0.15) is 44.7 Å². The molecule has 3 heteroatoms. The summed E-state index contributed by atoms with van der Waals surface area (Å²) in [6, 6.07) is 10.4. The Morgan fingerprint density at radius 3 is 2.55 bits per heavy atom. The number of nitrogens with two attached hydrogens (primary N) is 1. The molecule has 106 valence electrons. The molecular weight excluding hydrogens is 246 g/mol. The lowest BCUT2D eigenvalue weighted by atomic mass is 9.78. The second kappa shape index (κ2) is 4.65. The molecule has 1 aromatic carbocycles. The van der Waals surface area contributed by atoms with Crippen molar-refractivity contribution in [1.82, 2.24) is 9.78 Å². The molecule has 2 N–H and O–H groups in total. The number of nitrogens with zero attached hydrogens (tertiary/aromatic N) is 2. The van der Waals surface area contributed by atoms with Crippen LogP contribution in [0.4, 0.5) is 5.82 Å². The first-order valence-corrected chi connectivity index (χ1v) is 7.38. The normalized spacial score (nSPS) is 21.2. The molecule has 0 spiro atoms. The fourth-order valence-electron chi connectivity index (χ4n) is 3.54. The molecule has 1 unspecified atom stereocenters. The maximum atomic E-state index is 6.29. The van der Waals surface area contributed by atoms with E-state index in [1.165, 1.54) is 30.5 Å². The zero-order valence-corrected chi connectivity index (χ0v) is 12.6. The Morgan fingerprint density at radius 2 is 1.95 bits per heavy atom. The maximum Gasteiger partial charge on any atom is 0.129 e. The van der Waals surface area contributed by atoms with E-state index in [1.807, 2.05) is 17.8 Å². The lowest BCUT2D eigenvalue weighted by Gasteiger charge is -2.26. The molecule has 1 aliphatic carbocycles. The second-order valence-electron chi connectivity index (χ2n) is 6.57. The van der Waals surface area contributed by atoms with Gasteiger partial charge >= 0.3 is 0 Å². The van der Waals surface area contributed by atoms with E-state index in [-0.39, 0.29) is 0 Å². The van der Waals surface area contributed by atoms with Gasteiger partial charge in [-0.2, -0.15) is 5.10 Å². The molecule has 1 aromatic heterocycles. The molecule has 0 amide bonds. The third-order valence-corrected chi connectivity index (χ3v) is 4.77. The molecule has 0 radical (unpaired) electrons. The molecule has 0 aliphatic heterocycles. The van der Waals surface area contributed by atoms with E-state index < -0.39 is 0 Å². The molecule has 3 rings (SSSR count). The zero-order valence-electron chi connectivity index (χ0n) is 12.6. The van der Waals surface area contributed by atoms with Gasteiger partial charge in [-0.3, -0.25) is 4.68 Å². The summed E-state index contributed by atoms with van der Waals surface area (Å²) in [6.07, 6.45) is 3.76. The predicted molar refractivity (Wildman–Crippen MR) is 83.4 cm³/mol. The fourth-order valence-corrected chi connectivity index (χ4v) is 3.54. The number of hydrogen-bond acceptors (Lipinski definition) is 2. The van der Waals surface area contributed by atoms with Gasteiger partial charge in [-0.05, 0) is 23.8 Å². The summed E-state index contributed by atoms with van der Waals surface area (Å²) in [7, 11) is 1.94. The first-order chi connectivity index (χ1) is 9.50. The van der Waals surface area contributed by atoms with Gasteiger partial charge in [-0.15, -0.1) is 0 Å². The van der Waals surface area contributed by atoms with E-state index >= 15 is 0 Å². The van der Waals surface area contributed by atoms with Gasteiger partial charge in [0.05, 0.1) is 5.69 Å². The molecule has 20 heavy (non-hydrogen) atoms. The second-order valence-corrected chi connectivity index (χ2v) is 6.57. The Bertz CT molecular complexity index is 611. The van der Waals surface area contributed by atoms with Crippen molar-refractivity contribution >= 4 is 5.82 Å². The van der Waals surface area contributed by atoms with Crippen LogP contribution in [0, 0.1) is 5.41 Å². The minimum absolute atomic E-state index is 0.310. The predicted octanol–water partition coefficient (Wildman–Crippen LogP) is 3.96. The average molecular weight is 269 g/mol. The summed E-state index contributed by atoms with van der Waals surface area (Å²) in [5, 5.41) is 4.76. The van der Waals surface area contributed by atoms with Crippen LogP contribution in [0.5, 0.6) is 0 Å². The third-order valence-electron chi connectivity index (χ3n) is 4.77. The smallest absolute Gasteiger partial charge is 0.129 e. The Morgan fingerprint density at radius 1 is 1.25 bits per heavy atom. The largest absolute Gasteiger partial charge is 0.383 e. The van der Waals surface area contributed by atoms with E-state index in [1.54, 1.807) is 0 Å². The summed E-state index contributed by atoms with van der Waals surface area (Å²) < 4.78 is 1.83. The van der Waals surface area contributed by atoms with E-state index in [0.29, 0.717) is 11.3 Å². The highest BCUT2D eigenvalue weighted by molar-refractivity contribution is 5.77.